The van der Waals surface area contributed by atoms with Gasteiger partial charge < -0.3 is 15.4 Å². The molecule has 2 aliphatic heterocycles. The van der Waals surface area contributed by atoms with Gasteiger partial charge in [0.1, 0.15) is 16.5 Å². The highest BCUT2D eigenvalue weighted by Crippen LogP contribution is 2.35. The van der Waals surface area contributed by atoms with Crippen LogP contribution in [0.2, 0.25) is 5.02 Å². The van der Waals surface area contributed by atoms with E-state index in [1.165, 1.54) is 10.6 Å². The average molecular weight is 524 g/mol. The summed E-state index contributed by atoms with van der Waals surface area (Å²) in [7, 11) is -3.14. The van der Waals surface area contributed by atoms with Crippen molar-refractivity contribution in [2.75, 3.05) is 69.4 Å². The molecule has 0 amide bonds. The normalized spacial score (nSPS) is 18.6. The summed E-state index contributed by atoms with van der Waals surface area (Å²) >= 11 is 7.84. The van der Waals surface area contributed by atoms with E-state index in [1.54, 1.807) is 23.6 Å². The third kappa shape index (κ3) is 4.97. The maximum atomic E-state index is 11.8. The van der Waals surface area contributed by atoms with Gasteiger partial charge in [0.2, 0.25) is 10.0 Å². The Morgan fingerprint density at radius 3 is 2.53 bits per heavy atom. The number of rotatable bonds is 5. The molecule has 0 aromatic carbocycles. The Hall–Kier alpha value is -2.09. The lowest BCUT2D eigenvalue weighted by Gasteiger charge is -2.32. The molecule has 0 unspecified atom stereocenters. The fourth-order valence-corrected chi connectivity index (χ4v) is 6.25. The number of sulfonamides is 1. The predicted molar refractivity (Wildman–Crippen MR) is 135 cm³/mol. The summed E-state index contributed by atoms with van der Waals surface area (Å²) in [5.74, 6) is 1.70. The number of piperazine rings is 1. The molecule has 34 heavy (non-hydrogen) atoms. The number of hydrogen-bond donors (Lipinski definition) is 1. The Morgan fingerprint density at radius 1 is 1.12 bits per heavy atom. The molecule has 3 aromatic heterocycles. The highest BCUT2D eigenvalue weighted by Gasteiger charge is 2.25. The van der Waals surface area contributed by atoms with Gasteiger partial charge in [0, 0.05) is 62.5 Å². The van der Waals surface area contributed by atoms with Gasteiger partial charge >= 0.3 is 0 Å². The number of fused-ring (bicyclic) bond motifs is 1. The van der Waals surface area contributed by atoms with E-state index in [1.807, 2.05) is 0 Å². The van der Waals surface area contributed by atoms with Gasteiger partial charge in [0.25, 0.3) is 0 Å². The molecule has 13 heteroatoms. The molecule has 3 aromatic rings. The number of pyridine rings is 1. The van der Waals surface area contributed by atoms with Crippen LogP contribution in [-0.4, -0.2) is 91.3 Å². The van der Waals surface area contributed by atoms with E-state index in [0.29, 0.717) is 55.8 Å². The summed E-state index contributed by atoms with van der Waals surface area (Å²) in [6.07, 6.45) is 2.91. The van der Waals surface area contributed by atoms with Crippen molar-refractivity contribution in [2.24, 2.45) is 0 Å². The third-order valence-corrected chi connectivity index (χ3v) is 8.66. The summed E-state index contributed by atoms with van der Waals surface area (Å²) in [5, 5.41) is 1.38. The molecule has 0 aliphatic carbocycles. The predicted octanol–water partition coefficient (Wildman–Crippen LogP) is 1.90. The molecule has 0 spiro atoms. The van der Waals surface area contributed by atoms with Gasteiger partial charge in [0.15, 0.2) is 5.82 Å². The number of hydrogen-bond acceptors (Lipinski definition) is 10. The zero-order valence-electron chi connectivity index (χ0n) is 18.8. The monoisotopic (exact) mass is 523 g/mol. The number of nitrogen functional groups attached to an aromatic ring is 1. The number of morpholine rings is 1. The van der Waals surface area contributed by atoms with E-state index in [0.717, 1.165) is 40.5 Å². The van der Waals surface area contributed by atoms with Gasteiger partial charge in [-0.3, -0.25) is 4.90 Å². The van der Waals surface area contributed by atoms with Crippen LogP contribution in [0, 0.1) is 0 Å². The van der Waals surface area contributed by atoms with Gasteiger partial charge in [0.05, 0.1) is 29.9 Å². The van der Waals surface area contributed by atoms with Crippen LogP contribution >= 0.6 is 22.9 Å². The van der Waals surface area contributed by atoms with Gasteiger partial charge in [-0.15, -0.1) is 11.3 Å². The Balaban J connectivity index is 1.46. The average Bonchev–Trinajstić information content (AvgIpc) is 3.23. The minimum atomic E-state index is -3.14. The topological polar surface area (TPSA) is 118 Å². The number of anilines is 2. The highest BCUT2D eigenvalue weighted by atomic mass is 35.5. The SMILES string of the molecule is CS(=O)(=O)N1CCN(Cc2cc3c(N4CCOCC4)nc(-c4cnc(N)c(Cl)c4)nc3s2)CC1. The number of halogens is 1. The second-order valence-corrected chi connectivity index (χ2v) is 11.9. The van der Waals surface area contributed by atoms with Crippen LogP contribution in [0.25, 0.3) is 21.6 Å². The maximum Gasteiger partial charge on any atom is 0.211 e. The fourth-order valence-electron chi connectivity index (χ4n) is 4.19. The Bertz CT molecular complexity index is 1300. The van der Waals surface area contributed by atoms with Gasteiger partial charge in [-0.2, -0.15) is 4.31 Å². The van der Waals surface area contributed by atoms with Crippen molar-refractivity contribution in [1.82, 2.24) is 24.2 Å². The number of nitrogens with two attached hydrogens (primary N) is 1. The lowest BCUT2D eigenvalue weighted by molar-refractivity contribution is 0.122. The minimum absolute atomic E-state index is 0.272. The van der Waals surface area contributed by atoms with Crippen molar-refractivity contribution in [3.63, 3.8) is 0 Å². The van der Waals surface area contributed by atoms with Gasteiger partial charge in [-0.25, -0.2) is 23.4 Å². The molecule has 5 heterocycles. The lowest BCUT2D eigenvalue weighted by Crippen LogP contribution is -2.47. The largest absolute Gasteiger partial charge is 0.382 e. The third-order valence-electron chi connectivity index (χ3n) is 6.04. The number of thiophene rings is 1. The highest BCUT2D eigenvalue weighted by molar-refractivity contribution is 7.88. The molecular formula is C21H26ClN7O3S2. The van der Waals surface area contributed by atoms with Crippen molar-refractivity contribution in [3.05, 3.63) is 28.2 Å². The van der Waals surface area contributed by atoms with Gasteiger partial charge in [-0.05, 0) is 12.1 Å². The molecule has 2 saturated heterocycles. The molecule has 0 atom stereocenters. The molecule has 2 fully saturated rings. The summed E-state index contributed by atoms with van der Waals surface area (Å²) in [5.41, 5.74) is 6.49. The molecular weight excluding hydrogens is 498 g/mol. The fraction of sp³-hybridized carbons (Fsp3) is 0.476. The second kappa shape index (κ2) is 9.51. The van der Waals surface area contributed by atoms with Gasteiger partial charge in [-0.1, -0.05) is 11.6 Å². The zero-order chi connectivity index (χ0) is 23.9. The molecule has 0 radical (unpaired) electrons. The standard InChI is InChI=1S/C21H26ClN7O3S2/c1-34(30,31)29-4-2-27(3-5-29)13-15-11-16-20(28-6-8-32-9-7-28)25-19(26-21(16)33-15)14-10-17(22)18(23)24-12-14/h10-12H,2-9,13H2,1H3,(H2,23,24). The van der Waals surface area contributed by atoms with Crippen molar-refractivity contribution in [3.8, 4) is 11.4 Å². The Kier molecular flexibility index (Phi) is 6.62. The van der Waals surface area contributed by atoms with E-state index < -0.39 is 10.0 Å². The lowest BCUT2D eigenvalue weighted by atomic mass is 10.2. The van der Waals surface area contributed by atoms with Crippen LogP contribution in [0.1, 0.15) is 4.88 Å². The first-order valence-electron chi connectivity index (χ1n) is 11.0. The zero-order valence-corrected chi connectivity index (χ0v) is 21.2. The number of ether oxygens (including phenoxy) is 1. The Labute approximate surface area is 207 Å². The molecule has 10 nitrogen and oxygen atoms in total. The first-order valence-corrected chi connectivity index (χ1v) is 14.0. The molecule has 182 valence electrons. The summed E-state index contributed by atoms with van der Waals surface area (Å²) in [6.45, 7) is 5.97. The summed E-state index contributed by atoms with van der Waals surface area (Å²) < 4.78 is 30.7. The summed E-state index contributed by atoms with van der Waals surface area (Å²) in [6, 6.07) is 3.90. The van der Waals surface area contributed by atoms with Crippen molar-refractivity contribution in [2.45, 2.75) is 6.54 Å². The molecule has 2 aliphatic rings. The van der Waals surface area contributed by atoms with Crippen LogP contribution in [0.15, 0.2) is 18.3 Å². The minimum Gasteiger partial charge on any atom is -0.382 e. The van der Waals surface area contributed by atoms with E-state index in [9.17, 15) is 8.42 Å². The van der Waals surface area contributed by atoms with E-state index >= 15 is 0 Å². The molecule has 2 N–H and O–H groups in total. The van der Waals surface area contributed by atoms with Crippen LogP contribution in [0.4, 0.5) is 11.6 Å². The van der Waals surface area contributed by atoms with Crippen molar-refractivity contribution in [1.29, 1.82) is 0 Å². The maximum absolute atomic E-state index is 11.8. The first-order chi connectivity index (χ1) is 16.3. The van der Waals surface area contributed by atoms with E-state index in [2.05, 4.69) is 20.9 Å². The van der Waals surface area contributed by atoms with Crippen LogP contribution in [0.3, 0.4) is 0 Å². The van der Waals surface area contributed by atoms with E-state index in [-0.39, 0.29) is 5.82 Å². The number of nitrogens with zero attached hydrogens (tertiary/aromatic N) is 6. The molecule has 0 saturated carbocycles. The van der Waals surface area contributed by atoms with Crippen molar-refractivity contribution >= 4 is 54.8 Å². The Morgan fingerprint density at radius 2 is 1.85 bits per heavy atom. The van der Waals surface area contributed by atoms with Crippen molar-refractivity contribution < 1.29 is 13.2 Å². The molecule has 5 rings (SSSR count). The van der Waals surface area contributed by atoms with Crippen LogP contribution < -0.4 is 10.6 Å². The number of aromatic nitrogens is 3. The van der Waals surface area contributed by atoms with Crippen LogP contribution in [0.5, 0.6) is 0 Å². The second-order valence-electron chi connectivity index (χ2n) is 8.43. The van der Waals surface area contributed by atoms with Crippen LogP contribution in [-0.2, 0) is 21.3 Å². The molecule has 0 bridgehead atoms. The smallest absolute Gasteiger partial charge is 0.211 e. The first kappa shape index (κ1) is 23.6. The quantitative estimate of drug-likeness (QED) is 0.535. The van der Waals surface area contributed by atoms with E-state index in [4.69, 9.17) is 32.0 Å². The summed E-state index contributed by atoms with van der Waals surface area (Å²) in [4.78, 5) is 20.5.